The van der Waals surface area contributed by atoms with Gasteiger partial charge < -0.3 is 4.74 Å². The number of rotatable bonds is 7. The topological polar surface area (TPSA) is 47.3 Å². The highest BCUT2D eigenvalue weighted by atomic mass is 19.1. The molecule has 3 nitrogen and oxygen atoms in total. The summed E-state index contributed by atoms with van der Waals surface area (Å²) in [6, 6.07) is 14.9. The molecule has 0 aliphatic carbocycles. The van der Waals surface area contributed by atoms with Crippen LogP contribution in [0, 0.1) is 5.82 Å². The lowest BCUT2D eigenvalue weighted by Gasteiger charge is -2.17. The minimum atomic E-state index is -0.294. The van der Waals surface area contributed by atoms with E-state index in [0.29, 0.717) is 11.3 Å². The molecule has 2 aromatic carbocycles. The SMILES string of the molecule is COc1ccc(C(CCCc2ccccc2)NN)c(F)c1. The summed E-state index contributed by atoms with van der Waals surface area (Å²) < 4.78 is 19.1. The predicted molar refractivity (Wildman–Crippen MR) is 82.4 cm³/mol. The first-order chi connectivity index (χ1) is 10.2. The summed E-state index contributed by atoms with van der Waals surface area (Å²) in [5.41, 5.74) is 4.56. The van der Waals surface area contributed by atoms with Gasteiger partial charge in [-0.1, -0.05) is 36.4 Å². The number of halogens is 1. The van der Waals surface area contributed by atoms with Crippen LogP contribution in [0.15, 0.2) is 48.5 Å². The molecule has 2 rings (SSSR count). The predicted octanol–water partition coefficient (Wildman–Crippen LogP) is 3.36. The van der Waals surface area contributed by atoms with Crippen molar-refractivity contribution in [2.45, 2.75) is 25.3 Å². The maximum atomic E-state index is 14.0. The van der Waals surface area contributed by atoms with E-state index >= 15 is 0 Å². The summed E-state index contributed by atoms with van der Waals surface area (Å²) >= 11 is 0. The Kier molecular flexibility index (Phi) is 5.72. The van der Waals surface area contributed by atoms with Crippen LogP contribution in [0.25, 0.3) is 0 Å². The fourth-order valence-electron chi connectivity index (χ4n) is 2.40. The van der Waals surface area contributed by atoms with Crippen LogP contribution in [-0.2, 0) is 6.42 Å². The van der Waals surface area contributed by atoms with Crippen LogP contribution < -0.4 is 16.0 Å². The number of hydrogen-bond acceptors (Lipinski definition) is 3. The van der Waals surface area contributed by atoms with Crippen LogP contribution in [-0.4, -0.2) is 7.11 Å². The largest absolute Gasteiger partial charge is 0.497 e. The van der Waals surface area contributed by atoms with Gasteiger partial charge in [-0.2, -0.15) is 0 Å². The number of nitrogens with two attached hydrogens (primary N) is 1. The second-order valence-electron chi connectivity index (χ2n) is 4.98. The van der Waals surface area contributed by atoms with Gasteiger partial charge in [0.2, 0.25) is 0 Å². The Labute approximate surface area is 124 Å². The molecule has 0 aliphatic rings. The van der Waals surface area contributed by atoms with Crippen LogP contribution in [0.2, 0.25) is 0 Å². The van der Waals surface area contributed by atoms with Crippen LogP contribution in [0.5, 0.6) is 5.75 Å². The minimum Gasteiger partial charge on any atom is -0.497 e. The Morgan fingerprint density at radius 3 is 2.57 bits per heavy atom. The number of hydrazine groups is 1. The Balaban J connectivity index is 1.96. The van der Waals surface area contributed by atoms with E-state index in [1.54, 1.807) is 12.1 Å². The molecule has 2 aromatic rings. The van der Waals surface area contributed by atoms with Crippen molar-refractivity contribution < 1.29 is 9.13 Å². The lowest BCUT2D eigenvalue weighted by molar-refractivity contribution is 0.408. The van der Waals surface area contributed by atoms with Crippen molar-refractivity contribution in [1.82, 2.24) is 5.43 Å². The van der Waals surface area contributed by atoms with Crippen LogP contribution in [0.3, 0.4) is 0 Å². The molecule has 0 aromatic heterocycles. The third-order valence-electron chi connectivity index (χ3n) is 3.59. The van der Waals surface area contributed by atoms with E-state index in [1.165, 1.54) is 18.7 Å². The van der Waals surface area contributed by atoms with E-state index in [4.69, 9.17) is 10.6 Å². The van der Waals surface area contributed by atoms with Crippen molar-refractivity contribution in [2.24, 2.45) is 5.84 Å². The summed E-state index contributed by atoms with van der Waals surface area (Å²) in [5, 5.41) is 0. The number of methoxy groups -OCH3 is 1. The van der Waals surface area contributed by atoms with Crippen LogP contribution in [0.4, 0.5) is 4.39 Å². The highest BCUT2D eigenvalue weighted by molar-refractivity contribution is 5.30. The normalized spacial score (nSPS) is 12.1. The summed E-state index contributed by atoms with van der Waals surface area (Å²) in [4.78, 5) is 0. The van der Waals surface area contributed by atoms with Gasteiger partial charge in [0.25, 0.3) is 0 Å². The molecule has 3 N–H and O–H groups in total. The monoisotopic (exact) mass is 288 g/mol. The maximum Gasteiger partial charge on any atom is 0.131 e. The molecule has 0 radical (unpaired) electrons. The number of benzene rings is 2. The van der Waals surface area contributed by atoms with E-state index in [1.807, 2.05) is 18.2 Å². The van der Waals surface area contributed by atoms with Crippen molar-refractivity contribution in [3.05, 3.63) is 65.5 Å². The van der Waals surface area contributed by atoms with Crippen molar-refractivity contribution >= 4 is 0 Å². The number of nitrogens with one attached hydrogen (secondary N) is 1. The molecule has 112 valence electrons. The van der Waals surface area contributed by atoms with E-state index in [-0.39, 0.29) is 11.9 Å². The molecule has 4 heteroatoms. The van der Waals surface area contributed by atoms with E-state index in [0.717, 1.165) is 19.3 Å². The zero-order valence-electron chi connectivity index (χ0n) is 12.2. The van der Waals surface area contributed by atoms with Gasteiger partial charge in [0.1, 0.15) is 11.6 Å². The molecule has 0 aliphatic heterocycles. The molecule has 0 bridgehead atoms. The van der Waals surface area contributed by atoms with E-state index < -0.39 is 0 Å². The average Bonchev–Trinajstić information content (AvgIpc) is 2.53. The van der Waals surface area contributed by atoms with Crippen LogP contribution >= 0.6 is 0 Å². The summed E-state index contributed by atoms with van der Waals surface area (Å²) in [7, 11) is 1.52. The first kappa shape index (κ1) is 15.5. The van der Waals surface area contributed by atoms with Crippen molar-refractivity contribution in [1.29, 1.82) is 0 Å². The molecule has 1 atom stereocenters. The van der Waals surface area contributed by atoms with Gasteiger partial charge in [0, 0.05) is 17.7 Å². The fourth-order valence-corrected chi connectivity index (χ4v) is 2.40. The van der Waals surface area contributed by atoms with Gasteiger partial charge in [-0.25, -0.2) is 4.39 Å². The van der Waals surface area contributed by atoms with Gasteiger partial charge in [-0.05, 0) is 30.9 Å². The van der Waals surface area contributed by atoms with Gasteiger partial charge in [-0.3, -0.25) is 11.3 Å². The second kappa shape index (κ2) is 7.76. The lowest BCUT2D eigenvalue weighted by Crippen LogP contribution is -2.28. The molecule has 0 amide bonds. The van der Waals surface area contributed by atoms with E-state index in [9.17, 15) is 4.39 Å². The molecular weight excluding hydrogens is 267 g/mol. The average molecular weight is 288 g/mol. The van der Waals surface area contributed by atoms with Crippen LogP contribution in [0.1, 0.15) is 30.0 Å². The Morgan fingerprint density at radius 2 is 1.95 bits per heavy atom. The zero-order chi connectivity index (χ0) is 15.1. The quantitative estimate of drug-likeness (QED) is 0.606. The third-order valence-corrected chi connectivity index (χ3v) is 3.59. The fraction of sp³-hybridized carbons (Fsp3) is 0.294. The highest BCUT2D eigenvalue weighted by Gasteiger charge is 2.14. The first-order valence-corrected chi connectivity index (χ1v) is 7.08. The smallest absolute Gasteiger partial charge is 0.131 e. The standard InChI is InChI=1S/C17H21FN2O/c1-21-14-10-11-15(16(18)12-14)17(20-19)9-5-8-13-6-3-2-4-7-13/h2-4,6-7,10-12,17,20H,5,8-9,19H2,1H3. The molecule has 0 fully saturated rings. The third kappa shape index (κ3) is 4.28. The molecular formula is C17H21FN2O. The number of ether oxygens (including phenoxy) is 1. The number of hydrogen-bond donors (Lipinski definition) is 2. The van der Waals surface area contributed by atoms with E-state index in [2.05, 4.69) is 17.6 Å². The highest BCUT2D eigenvalue weighted by Crippen LogP contribution is 2.25. The van der Waals surface area contributed by atoms with Crippen molar-refractivity contribution in [2.75, 3.05) is 7.11 Å². The molecule has 1 unspecified atom stereocenters. The Morgan fingerprint density at radius 1 is 1.19 bits per heavy atom. The maximum absolute atomic E-state index is 14.0. The van der Waals surface area contributed by atoms with Gasteiger partial charge in [-0.15, -0.1) is 0 Å². The summed E-state index contributed by atoms with van der Waals surface area (Å²) in [5.74, 6) is 5.79. The van der Waals surface area contributed by atoms with Crippen molar-refractivity contribution in [3.8, 4) is 5.75 Å². The second-order valence-corrected chi connectivity index (χ2v) is 4.98. The van der Waals surface area contributed by atoms with Gasteiger partial charge >= 0.3 is 0 Å². The molecule has 0 spiro atoms. The first-order valence-electron chi connectivity index (χ1n) is 7.08. The molecule has 21 heavy (non-hydrogen) atoms. The molecule has 0 heterocycles. The summed E-state index contributed by atoms with van der Waals surface area (Å²) in [6.45, 7) is 0. The minimum absolute atomic E-state index is 0.195. The molecule has 0 saturated carbocycles. The van der Waals surface area contributed by atoms with Crippen molar-refractivity contribution in [3.63, 3.8) is 0 Å². The zero-order valence-corrected chi connectivity index (χ0v) is 12.2. The Bertz CT molecular complexity index is 560. The number of aryl methyl sites for hydroxylation is 1. The summed E-state index contributed by atoms with van der Waals surface area (Å²) in [6.07, 6.45) is 2.66. The van der Waals surface area contributed by atoms with Gasteiger partial charge in [0.05, 0.1) is 7.11 Å². The van der Waals surface area contributed by atoms with Gasteiger partial charge in [0.15, 0.2) is 0 Å². The molecule has 0 saturated heterocycles. The Hall–Kier alpha value is -1.91. The lowest BCUT2D eigenvalue weighted by atomic mass is 9.99.